The van der Waals surface area contributed by atoms with E-state index < -0.39 is 5.41 Å². The normalized spacial score (nSPS) is 14.3. The van der Waals surface area contributed by atoms with Crippen LogP contribution in [0.4, 0.5) is 0 Å². The van der Waals surface area contributed by atoms with E-state index in [0.29, 0.717) is 17.5 Å². The third kappa shape index (κ3) is 4.71. The van der Waals surface area contributed by atoms with Crippen LogP contribution in [0.3, 0.4) is 0 Å². The van der Waals surface area contributed by atoms with Crippen molar-refractivity contribution in [1.29, 1.82) is 0 Å². The van der Waals surface area contributed by atoms with Crippen molar-refractivity contribution in [2.45, 2.75) is 24.7 Å². The van der Waals surface area contributed by atoms with E-state index in [1.807, 2.05) is 48.5 Å². The van der Waals surface area contributed by atoms with Gasteiger partial charge in [-0.3, -0.25) is 0 Å². The monoisotopic (exact) mass is 757 g/mol. The number of rotatable bonds is 4. The molecule has 0 saturated carbocycles. The topological polar surface area (TPSA) is 73.7 Å². The molecule has 6 nitrogen and oxygen atoms in total. The second-order valence-corrected chi connectivity index (χ2v) is 16.0. The lowest BCUT2D eigenvalue weighted by atomic mass is 9.66. The van der Waals surface area contributed by atoms with Crippen molar-refractivity contribution >= 4 is 0 Å². The Morgan fingerprint density at radius 3 is 1.64 bits per heavy atom. The molecule has 59 heavy (non-hydrogen) atoms. The SMILES string of the molecule is CC1(C)c2ccccc2-c2c(-c3ccc4c(c3)-c3c(-c5nc(-c6ccccc6)nc(-c6ccccc6)n5)cccc3C43c4ccccc4Oc4ccccc43)ncnc21. The van der Waals surface area contributed by atoms with Crippen molar-refractivity contribution in [2.24, 2.45) is 0 Å². The number of para-hydroxylation sites is 2. The maximum absolute atomic E-state index is 6.68. The third-order valence-electron chi connectivity index (χ3n) is 12.5. The molecular formula is C53H35N5O. The van der Waals surface area contributed by atoms with Crippen molar-refractivity contribution in [3.63, 3.8) is 0 Å². The quantitative estimate of drug-likeness (QED) is 0.178. The number of benzene rings is 7. The highest BCUT2D eigenvalue weighted by Gasteiger charge is 2.52. The van der Waals surface area contributed by atoms with Crippen molar-refractivity contribution in [3.05, 3.63) is 210 Å². The first-order valence-corrected chi connectivity index (χ1v) is 20.0. The number of aromatic nitrogens is 5. The van der Waals surface area contributed by atoms with Crippen LogP contribution in [0.15, 0.2) is 176 Å². The van der Waals surface area contributed by atoms with Gasteiger partial charge in [-0.05, 0) is 51.6 Å². The third-order valence-corrected chi connectivity index (χ3v) is 12.5. The Morgan fingerprint density at radius 1 is 0.407 bits per heavy atom. The molecule has 278 valence electrons. The summed E-state index contributed by atoms with van der Waals surface area (Å²) in [5.41, 5.74) is 15.0. The molecular weight excluding hydrogens is 723 g/mol. The summed E-state index contributed by atoms with van der Waals surface area (Å²) in [4.78, 5) is 25.6. The Balaban J connectivity index is 1.18. The van der Waals surface area contributed by atoms with Crippen LogP contribution in [-0.4, -0.2) is 24.9 Å². The van der Waals surface area contributed by atoms with Gasteiger partial charge < -0.3 is 4.74 Å². The van der Waals surface area contributed by atoms with Gasteiger partial charge in [0.2, 0.25) is 0 Å². The number of hydrogen-bond acceptors (Lipinski definition) is 6. The van der Waals surface area contributed by atoms with Gasteiger partial charge in [0.15, 0.2) is 17.5 Å². The fourth-order valence-electron chi connectivity index (χ4n) is 9.92. The molecule has 0 amide bonds. The summed E-state index contributed by atoms with van der Waals surface area (Å²) in [5.74, 6) is 3.52. The predicted octanol–water partition coefficient (Wildman–Crippen LogP) is 12.1. The molecule has 7 aromatic carbocycles. The molecule has 0 unspecified atom stereocenters. The molecule has 1 aliphatic heterocycles. The lowest BCUT2D eigenvalue weighted by Gasteiger charge is -2.39. The Kier molecular flexibility index (Phi) is 7.09. The number of fused-ring (bicyclic) bond motifs is 12. The number of hydrogen-bond donors (Lipinski definition) is 0. The van der Waals surface area contributed by atoms with Crippen molar-refractivity contribution in [1.82, 2.24) is 24.9 Å². The lowest BCUT2D eigenvalue weighted by Crippen LogP contribution is -2.32. The summed E-state index contributed by atoms with van der Waals surface area (Å²) in [6, 6.07) is 59.3. The van der Waals surface area contributed by atoms with E-state index in [0.717, 1.165) is 78.5 Å². The molecule has 2 aromatic heterocycles. The number of nitrogens with zero attached hydrogens (tertiary/aromatic N) is 5. The molecule has 0 bridgehead atoms. The highest BCUT2D eigenvalue weighted by Crippen LogP contribution is 2.64. The standard InChI is InChI=1S/C53H35N5O/c1-52(2)38-22-10-9-20-35(38)46-47(54-31-55-48(46)52)34-28-29-39-37(30-34)45-36(51-57-49(32-16-5-3-6-17-32)56-50(58-51)33-18-7-4-8-19-33)21-15-25-42(45)53(39)40-23-11-13-26-43(40)59-44-27-14-12-24-41(44)53/h3-31H,1-2H3. The molecule has 0 saturated heterocycles. The van der Waals surface area contributed by atoms with Gasteiger partial charge in [-0.1, -0.05) is 166 Å². The van der Waals surface area contributed by atoms with E-state index in [9.17, 15) is 0 Å². The molecule has 3 heterocycles. The van der Waals surface area contributed by atoms with Gasteiger partial charge in [0.25, 0.3) is 0 Å². The summed E-state index contributed by atoms with van der Waals surface area (Å²) in [7, 11) is 0. The molecule has 0 fully saturated rings. The van der Waals surface area contributed by atoms with E-state index in [-0.39, 0.29) is 5.41 Å². The van der Waals surface area contributed by atoms with Crippen LogP contribution in [0.1, 0.15) is 47.4 Å². The van der Waals surface area contributed by atoms with Gasteiger partial charge in [0.05, 0.1) is 16.8 Å². The smallest absolute Gasteiger partial charge is 0.164 e. The van der Waals surface area contributed by atoms with Gasteiger partial charge >= 0.3 is 0 Å². The van der Waals surface area contributed by atoms with Crippen LogP contribution in [-0.2, 0) is 10.8 Å². The second kappa shape index (κ2) is 12.5. The molecule has 12 rings (SSSR count). The maximum atomic E-state index is 6.68. The van der Waals surface area contributed by atoms with Gasteiger partial charge in [-0.15, -0.1) is 0 Å². The minimum absolute atomic E-state index is 0.259. The fraction of sp³-hybridized carbons (Fsp3) is 0.0755. The maximum Gasteiger partial charge on any atom is 0.164 e. The second-order valence-electron chi connectivity index (χ2n) is 16.0. The summed E-state index contributed by atoms with van der Waals surface area (Å²) in [5, 5.41) is 0. The summed E-state index contributed by atoms with van der Waals surface area (Å²) < 4.78 is 6.68. The molecule has 0 N–H and O–H groups in total. The van der Waals surface area contributed by atoms with E-state index in [2.05, 4.69) is 135 Å². The van der Waals surface area contributed by atoms with E-state index >= 15 is 0 Å². The average Bonchev–Trinajstić information content (AvgIpc) is 3.72. The molecule has 3 aliphatic rings. The zero-order valence-electron chi connectivity index (χ0n) is 32.4. The molecule has 0 atom stereocenters. The Hall–Kier alpha value is -7.57. The minimum atomic E-state index is -0.690. The van der Waals surface area contributed by atoms with Crippen LogP contribution in [0.25, 0.3) is 67.7 Å². The molecule has 6 heteroatoms. The largest absolute Gasteiger partial charge is 0.457 e. The van der Waals surface area contributed by atoms with Gasteiger partial charge in [-0.25, -0.2) is 24.9 Å². The Labute approximate surface area is 342 Å². The van der Waals surface area contributed by atoms with Crippen LogP contribution in [0.2, 0.25) is 0 Å². The minimum Gasteiger partial charge on any atom is -0.457 e. The zero-order valence-corrected chi connectivity index (χ0v) is 32.4. The highest BCUT2D eigenvalue weighted by atomic mass is 16.5. The predicted molar refractivity (Wildman–Crippen MR) is 232 cm³/mol. The van der Waals surface area contributed by atoms with Crippen LogP contribution in [0, 0.1) is 0 Å². The molecule has 9 aromatic rings. The van der Waals surface area contributed by atoms with Crippen molar-refractivity contribution in [2.75, 3.05) is 0 Å². The number of ether oxygens (including phenoxy) is 1. The lowest BCUT2D eigenvalue weighted by molar-refractivity contribution is 0.436. The van der Waals surface area contributed by atoms with Crippen molar-refractivity contribution in [3.8, 4) is 79.2 Å². The van der Waals surface area contributed by atoms with E-state index in [1.165, 1.54) is 16.7 Å². The van der Waals surface area contributed by atoms with Crippen LogP contribution >= 0.6 is 0 Å². The van der Waals surface area contributed by atoms with Gasteiger partial charge in [0, 0.05) is 44.4 Å². The van der Waals surface area contributed by atoms with Crippen LogP contribution in [0.5, 0.6) is 11.5 Å². The first kappa shape index (κ1) is 33.6. The highest BCUT2D eigenvalue weighted by molar-refractivity contribution is 5.98. The molecule has 1 spiro atoms. The molecule has 0 radical (unpaired) electrons. The van der Waals surface area contributed by atoms with E-state index in [4.69, 9.17) is 29.7 Å². The van der Waals surface area contributed by atoms with Gasteiger partial charge in [-0.2, -0.15) is 0 Å². The van der Waals surface area contributed by atoms with Crippen molar-refractivity contribution < 1.29 is 4.74 Å². The summed E-state index contributed by atoms with van der Waals surface area (Å²) in [6.45, 7) is 4.51. The Bertz CT molecular complexity index is 3070. The molecule has 2 aliphatic carbocycles. The fourth-order valence-corrected chi connectivity index (χ4v) is 9.92. The van der Waals surface area contributed by atoms with Gasteiger partial charge in [0.1, 0.15) is 17.8 Å². The first-order valence-electron chi connectivity index (χ1n) is 20.0. The van der Waals surface area contributed by atoms with Crippen LogP contribution < -0.4 is 4.74 Å². The average molecular weight is 758 g/mol. The van der Waals surface area contributed by atoms with E-state index in [1.54, 1.807) is 6.33 Å². The first-order chi connectivity index (χ1) is 29.0. The summed E-state index contributed by atoms with van der Waals surface area (Å²) in [6.07, 6.45) is 1.72. The Morgan fingerprint density at radius 2 is 0.966 bits per heavy atom. The zero-order chi connectivity index (χ0) is 39.3. The summed E-state index contributed by atoms with van der Waals surface area (Å²) >= 11 is 0.